The number of hydrogen-bond donors (Lipinski definition) is 1. The number of aromatic nitrogens is 1. The molecule has 1 aliphatic carbocycles. The van der Waals surface area contributed by atoms with Crippen molar-refractivity contribution in [3.05, 3.63) is 34.2 Å². The first-order valence-corrected chi connectivity index (χ1v) is 5.71. The van der Waals surface area contributed by atoms with Gasteiger partial charge in [-0.1, -0.05) is 25.3 Å². The summed E-state index contributed by atoms with van der Waals surface area (Å²) in [6, 6.07) is 2.54. The largest absolute Gasteiger partial charge is 0.351 e. The van der Waals surface area contributed by atoms with Gasteiger partial charge in [0.1, 0.15) is 0 Å². The number of carbonyl (C=O) groups excluding carboxylic acids is 1. The summed E-state index contributed by atoms with van der Waals surface area (Å²) in [6.45, 7) is 0. The molecule has 4 heteroatoms. The molecule has 0 radical (unpaired) electrons. The molecule has 0 unspecified atom stereocenters. The summed E-state index contributed by atoms with van der Waals surface area (Å²) >= 11 is 0. The van der Waals surface area contributed by atoms with Crippen LogP contribution in [0.4, 0.5) is 4.79 Å². The van der Waals surface area contributed by atoms with Gasteiger partial charge in [0, 0.05) is 12.3 Å². The lowest BCUT2D eigenvalue weighted by atomic mass is 9.85. The quantitative estimate of drug-likeness (QED) is 0.784. The van der Waals surface area contributed by atoms with E-state index in [4.69, 9.17) is 5.73 Å². The lowest BCUT2D eigenvalue weighted by Gasteiger charge is -2.22. The predicted octanol–water partition coefficient (Wildman–Crippen LogP) is 1.82. The van der Waals surface area contributed by atoms with Gasteiger partial charge in [0.25, 0.3) is 5.56 Å². The van der Waals surface area contributed by atoms with E-state index < -0.39 is 6.03 Å². The molecular formula is C12H16N2O2. The summed E-state index contributed by atoms with van der Waals surface area (Å²) < 4.78 is 0.990. The molecule has 1 fully saturated rings. The van der Waals surface area contributed by atoms with Crippen LogP contribution in [0.1, 0.15) is 43.6 Å². The topological polar surface area (TPSA) is 65.1 Å². The van der Waals surface area contributed by atoms with Crippen LogP contribution in [0.2, 0.25) is 0 Å². The molecule has 1 aliphatic rings. The third kappa shape index (κ3) is 2.15. The standard InChI is InChI=1S/C12H16N2O2/c13-12(16)14-8-10(6-7-11(14)15)9-4-2-1-3-5-9/h6-9H,1-5H2,(H2,13,16). The van der Waals surface area contributed by atoms with E-state index in [9.17, 15) is 9.59 Å². The minimum Gasteiger partial charge on any atom is -0.351 e. The molecule has 1 heterocycles. The van der Waals surface area contributed by atoms with E-state index in [1.807, 2.05) is 6.07 Å². The van der Waals surface area contributed by atoms with E-state index >= 15 is 0 Å². The van der Waals surface area contributed by atoms with Gasteiger partial charge in [0.15, 0.2) is 0 Å². The smallest absolute Gasteiger partial charge is 0.325 e. The highest BCUT2D eigenvalue weighted by atomic mass is 16.2. The van der Waals surface area contributed by atoms with Gasteiger partial charge in [-0.25, -0.2) is 9.36 Å². The van der Waals surface area contributed by atoms with E-state index in [0.717, 1.165) is 23.0 Å². The molecule has 1 aromatic heterocycles. The predicted molar refractivity (Wildman–Crippen MR) is 61.5 cm³/mol. The van der Waals surface area contributed by atoms with Crippen molar-refractivity contribution >= 4 is 6.03 Å². The fourth-order valence-electron chi connectivity index (χ4n) is 2.35. The minimum absolute atomic E-state index is 0.355. The summed E-state index contributed by atoms with van der Waals surface area (Å²) in [5.74, 6) is 0.472. The Balaban J connectivity index is 2.31. The van der Waals surface area contributed by atoms with Crippen LogP contribution in [-0.2, 0) is 0 Å². The molecule has 0 aliphatic heterocycles. The molecule has 1 saturated carbocycles. The SMILES string of the molecule is NC(=O)n1cc(C2CCCCC2)ccc1=O. The Morgan fingerprint density at radius 2 is 1.94 bits per heavy atom. The average Bonchev–Trinajstić information content (AvgIpc) is 2.30. The third-order valence-electron chi connectivity index (χ3n) is 3.25. The molecule has 0 atom stereocenters. The van der Waals surface area contributed by atoms with E-state index in [2.05, 4.69) is 0 Å². The van der Waals surface area contributed by atoms with E-state index in [1.54, 1.807) is 6.20 Å². The molecule has 4 nitrogen and oxygen atoms in total. The minimum atomic E-state index is -0.706. The lowest BCUT2D eigenvalue weighted by Crippen LogP contribution is -2.31. The van der Waals surface area contributed by atoms with Crippen molar-refractivity contribution in [1.82, 2.24) is 4.57 Å². The summed E-state index contributed by atoms with van der Waals surface area (Å²) in [7, 11) is 0. The van der Waals surface area contributed by atoms with Crippen molar-refractivity contribution in [2.45, 2.75) is 38.0 Å². The summed E-state index contributed by atoms with van der Waals surface area (Å²) in [5.41, 5.74) is 5.84. The Labute approximate surface area is 94.1 Å². The van der Waals surface area contributed by atoms with Gasteiger partial charge >= 0.3 is 6.03 Å². The van der Waals surface area contributed by atoms with Crippen LogP contribution in [0.3, 0.4) is 0 Å². The fraction of sp³-hybridized carbons (Fsp3) is 0.500. The Hall–Kier alpha value is -1.58. The van der Waals surface area contributed by atoms with Crippen LogP contribution in [-0.4, -0.2) is 10.6 Å². The van der Waals surface area contributed by atoms with E-state index in [0.29, 0.717) is 5.92 Å². The molecule has 16 heavy (non-hydrogen) atoms. The number of primary amides is 1. The number of hydrogen-bond acceptors (Lipinski definition) is 2. The highest BCUT2D eigenvalue weighted by Gasteiger charge is 2.16. The Bertz CT molecular complexity index is 445. The van der Waals surface area contributed by atoms with Crippen LogP contribution < -0.4 is 11.3 Å². The van der Waals surface area contributed by atoms with Gasteiger partial charge in [-0.2, -0.15) is 0 Å². The van der Waals surface area contributed by atoms with E-state index in [-0.39, 0.29) is 5.56 Å². The molecule has 86 valence electrons. The van der Waals surface area contributed by atoms with Crippen molar-refractivity contribution < 1.29 is 4.79 Å². The van der Waals surface area contributed by atoms with Crippen LogP contribution in [0, 0.1) is 0 Å². The Morgan fingerprint density at radius 3 is 2.56 bits per heavy atom. The summed E-state index contributed by atoms with van der Waals surface area (Å²) in [5, 5.41) is 0. The number of amides is 1. The highest BCUT2D eigenvalue weighted by molar-refractivity contribution is 5.74. The molecule has 0 spiro atoms. The van der Waals surface area contributed by atoms with Crippen molar-refractivity contribution in [2.24, 2.45) is 5.73 Å². The van der Waals surface area contributed by atoms with E-state index in [1.165, 1.54) is 25.3 Å². The number of rotatable bonds is 1. The van der Waals surface area contributed by atoms with Gasteiger partial charge in [-0.15, -0.1) is 0 Å². The molecular weight excluding hydrogens is 204 g/mol. The number of nitrogens with two attached hydrogens (primary N) is 1. The molecule has 0 bridgehead atoms. The van der Waals surface area contributed by atoms with Crippen molar-refractivity contribution in [1.29, 1.82) is 0 Å². The van der Waals surface area contributed by atoms with Crippen molar-refractivity contribution in [2.75, 3.05) is 0 Å². The van der Waals surface area contributed by atoms with Crippen LogP contribution in [0.15, 0.2) is 23.1 Å². The molecule has 2 rings (SSSR count). The lowest BCUT2D eigenvalue weighted by molar-refractivity contribution is 0.249. The van der Waals surface area contributed by atoms with Crippen molar-refractivity contribution in [3.63, 3.8) is 0 Å². The highest BCUT2D eigenvalue weighted by Crippen LogP contribution is 2.31. The maximum atomic E-state index is 11.4. The zero-order valence-corrected chi connectivity index (χ0v) is 9.19. The van der Waals surface area contributed by atoms with Gasteiger partial charge < -0.3 is 5.73 Å². The van der Waals surface area contributed by atoms with Crippen LogP contribution in [0.5, 0.6) is 0 Å². The van der Waals surface area contributed by atoms with Crippen LogP contribution >= 0.6 is 0 Å². The Morgan fingerprint density at radius 1 is 1.25 bits per heavy atom. The first kappa shape index (κ1) is 10.9. The Kier molecular flexibility index (Phi) is 3.08. The first-order chi connectivity index (χ1) is 7.68. The second-order valence-electron chi connectivity index (χ2n) is 4.34. The molecule has 0 saturated heterocycles. The monoisotopic (exact) mass is 220 g/mol. The second kappa shape index (κ2) is 4.51. The van der Waals surface area contributed by atoms with Gasteiger partial charge in [0.2, 0.25) is 0 Å². The van der Waals surface area contributed by atoms with Gasteiger partial charge in [0.05, 0.1) is 0 Å². The molecule has 1 amide bonds. The number of carbonyl (C=O) groups is 1. The normalized spacial score (nSPS) is 17.2. The molecule has 0 aromatic carbocycles. The van der Waals surface area contributed by atoms with Crippen LogP contribution in [0.25, 0.3) is 0 Å². The zero-order chi connectivity index (χ0) is 11.5. The fourth-order valence-corrected chi connectivity index (χ4v) is 2.35. The maximum Gasteiger partial charge on any atom is 0.325 e. The van der Waals surface area contributed by atoms with Crippen molar-refractivity contribution in [3.8, 4) is 0 Å². The number of nitrogens with zero attached hydrogens (tertiary/aromatic N) is 1. The van der Waals surface area contributed by atoms with Gasteiger partial charge in [-0.05, 0) is 24.3 Å². The van der Waals surface area contributed by atoms with Gasteiger partial charge in [-0.3, -0.25) is 4.79 Å². The maximum absolute atomic E-state index is 11.4. The zero-order valence-electron chi connectivity index (χ0n) is 9.19. The average molecular weight is 220 g/mol. The number of pyridine rings is 1. The molecule has 2 N–H and O–H groups in total. The molecule has 1 aromatic rings. The second-order valence-corrected chi connectivity index (χ2v) is 4.34. The summed E-state index contributed by atoms with van der Waals surface area (Å²) in [4.78, 5) is 22.4. The third-order valence-corrected chi connectivity index (χ3v) is 3.25. The summed E-state index contributed by atoms with van der Waals surface area (Å²) in [6.07, 6.45) is 7.60. The first-order valence-electron chi connectivity index (χ1n) is 5.71.